The number of likely N-dealkylation sites (tertiary alicyclic amines) is 2. The SMILES string of the molecule is O=C(Nc1cc(Cl)c(CC(=O)N2C[C@@H](N3CCCC3)C[C@H]2CO[C@H]2CC[C@H](C(=O)O)CC2)cc1Cl)c1csc2c1C=CCC2. The van der Waals surface area contributed by atoms with Gasteiger partial charge in [-0.05, 0) is 88.6 Å². The second kappa shape index (κ2) is 13.9. The van der Waals surface area contributed by atoms with Gasteiger partial charge >= 0.3 is 5.97 Å². The lowest BCUT2D eigenvalue weighted by Crippen LogP contribution is -2.41. The van der Waals surface area contributed by atoms with E-state index in [0.717, 1.165) is 50.8 Å². The van der Waals surface area contributed by atoms with Gasteiger partial charge in [-0.2, -0.15) is 0 Å². The number of carbonyl (C=O) groups excluding carboxylic acids is 2. The Kier molecular flexibility index (Phi) is 9.98. The molecule has 2 saturated heterocycles. The van der Waals surface area contributed by atoms with Crippen LogP contribution in [0.4, 0.5) is 5.69 Å². The Bertz CT molecular complexity index is 1430. The summed E-state index contributed by atoms with van der Waals surface area (Å²) in [5.74, 6) is -1.27. The maximum absolute atomic E-state index is 13.8. The number of carboxylic acid groups (broad SMARTS) is 1. The van der Waals surface area contributed by atoms with Gasteiger partial charge in [0.2, 0.25) is 5.91 Å². The molecule has 11 heteroatoms. The minimum absolute atomic E-state index is 0.0266. The van der Waals surface area contributed by atoms with Gasteiger partial charge in [-0.1, -0.05) is 35.4 Å². The number of hydrogen-bond donors (Lipinski definition) is 2. The summed E-state index contributed by atoms with van der Waals surface area (Å²) in [6.45, 7) is 3.20. The molecule has 3 heterocycles. The highest BCUT2D eigenvalue weighted by molar-refractivity contribution is 7.10. The molecule has 8 nitrogen and oxygen atoms in total. The monoisotopic (exact) mass is 659 g/mol. The Morgan fingerprint density at radius 1 is 1.07 bits per heavy atom. The van der Waals surface area contributed by atoms with Crippen LogP contribution in [0.1, 0.15) is 77.7 Å². The standard InChI is InChI=1S/C33H39Cl2N3O5S/c34-27-16-29(36-32(40)26-19-44-30-6-2-1-5-25(26)30)28(35)13-21(27)14-31(39)38-17-22(37-11-3-4-12-37)15-23(38)18-43-24-9-7-20(8-10-24)33(41)42/h1,5,13,16,19-20,22-24H,2-4,6-12,14-15,17-18H2,(H,36,40)(H,41,42)/t20-,22-,23-,24-/m0/s1. The molecule has 3 fully saturated rings. The predicted molar refractivity (Wildman–Crippen MR) is 174 cm³/mol. The number of allylic oxidation sites excluding steroid dienone is 1. The van der Waals surface area contributed by atoms with Crippen molar-refractivity contribution in [2.75, 3.05) is 31.6 Å². The van der Waals surface area contributed by atoms with Gasteiger partial charge in [0.1, 0.15) is 0 Å². The van der Waals surface area contributed by atoms with Crippen molar-refractivity contribution < 1.29 is 24.2 Å². The highest BCUT2D eigenvalue weighted by Gasteiger charge is 2.39. The number of hydrogen-bond acceptors (Lipinski definition) is 6. The number of halogens is 2. The van der Waals surface area contributed by atoms with Crippen molar-refractivity contribution in [3.05, 3.63) is 55.2 Å². The highest BCUT2D eigenvalue weighted by atomic mass is 35.5. The Balaban J connectivity index is 1.11. The van der Waals surface area contributed by atoms with E-state index < -0.39 is 5.97 Å². The molecule has 2 aromatic rings. The van der Waals surface area contributed by atoms with E-state index in [4.69, 9.17) is 27.9 Å². The topological polar surface area (TPSA) is 99.2 Å². The van der Waals surface area contributed by atoms with Crippen molar-refractivity contribution in [1.29, 1.82) is 0 Å². The van der Waals surface area contributed by atoms with E-state index in [1.54, 1.807) is 23.5 Å². The van der Waals surface area contributed by atoms with Crippen molar-refractivity contribution in [2.24, 2.45) is 5.92 Å². The zero-order valence-corrected chi connectivity index (χ0v) is 27.1. The van der Waals surface area contributed by atoms with Crippen LogP contribution in [0.5, 0.6) is 0 Å². The number of nitrogens with zero attached hydrogens (tertiary/aromatic N) is 2. The zero-order valence-electron chi connectivity index (χ0n) is 24.7. The smallest absolute Gasteiger partial charge is 0.306 e. The largest absolute Gasteiger partial charge is 0.481 e. The van der Waals surface area contributed by atoms with Crippen LogP contribution in [-0.2, 0) is 27.2 Å². The molecule has 1 aromatic carbocycles. The number of carboxylic acids is 1. The van der Waals surface area contributed by atoms with E-state index >= 15 is 0 Å². The second-order valence-electron chi connectivity index (χ2n) is 12.5. The van der Waals surface area contributed by atoms with Gasteiger partial charge in [-0.15, -0.1) is 11.3 Å². The van der Waals surface area contributed by atoms with E-state index in [1.165, 1.54) is 17.7 Å². The van der Waals surface area contributed by atoms with Gasteiger partial charge in [0.25, 0.3) is 5.91 Å². The average Bonchev–Trinajstić information content (AvgIpc) is 3.78. The highest BCUT2D eigenvalue weighted by Crippen LogP contribution is 2.34. The first-order valence-electron chi connectivity index (χ1n) is 15.7. The molecule has 0 bridgehead atoms. The molecule has 2 aliphatic heterocycles. The lowest BCUT2D eigenvalue weighted by Gasteiger charge is -2.30. The maximum Gasteiger partial charge on any atom is 0.306 e. The predicted octanol–water partition coefficient (Wildman–Crippen LogP) is 6.53. The fourth-order valence-electron chi connectivity index (χ4n) is 7.10. The number of carbonyl (C=O) groups is 3. The summed E-state index contributed by atoms with van der Waals surface area (Å²) in [6.07, 6.45) is 12.1. The molecule has 2 aliphatic carbocycles. The molecule has 236 valence electrons. The zero-order chi connectivity index (χ0) is 30.8. The summed E-state index contributed by atoms with van der Waals surface area (Å²) >= 11 is 14.9. The molecule has 2 N–H and O–H groups in total. The normalized spacial score (nSPS) is 25.3. The maximum atomic E-state index is 13.8. The Hall–Kier alpha value is -2.43. The number of aliphatic carboxylic acids is 1. The summed E-state index contributed by atoms with van der Waals surface area (Å²) in [7, 11) is 0. The van der Waals surface area contributed by atoms with E-state index in [9.17, 15) is 19.5 Å². The summed E-state index contributed by atoms with van der Waals surface area (Å²) in [6, 6.07) is 3.56. The summed E-state index contributed by atoms with van der Waals surface area (Å²) < 4.78 is 6.30. The van der Waals surface area contributed by atoms with Gasteiger partial charge in [-0.25, -0.2) is 0 Å². The molecular formula is C33H39Cl2N3O5S. The van der Waals surface area contributed by atoms with Crippen LogP contribution in [0.3, 0.4) is 0 Å². The van der Waals surface area contributed by atoms with Crippen molar-refractivity contribution in [2.45, 2.75) is 82.4 Å². The summed E-state index contributed by atoms with van der Waals surface area (Å²) in [4.78, 5) is 43.9. The average molecular weight is 661 g/mol. The number of benzene rings is 1. The Labute approximate surface area is 272 Å². The van der Waals surface area contributed by atoms with E-state index in [1.807, 2.05) is 16.4 Å². The minimum Gasteiger partial charge on any atom is -0.481 e. The molecule has 0 unspecified atom stereocenters. The molecule has 44 heavy (non-hydrogen) atoms. The van der Waals surface area contributed by atoms with Crippen molar-refractivity contribution in [1.82, 2.24) is 9.80 Å². The number of nitrogens with one attached hydrogen (secondary N) is 1. The minimum atomic E-state index is -0.725. The molecule has 4 aliphatic rings. The molecule has 2 amide bonds. The first kappa shape index (κ1) is 31.5. The van der Waals surface area contributed by atoms with Gasteiger partial charge in [-0.3, -0.25) is 19.3 Å². The number of aryl methyl sites for hydroxylation is 1. The number of amides is 2. The fraction of sp³-hybridized carbons (Fsp3) is 0.545. The number of fused-ring (bicyclic) bond motifs is 1. The third-order valence-corrected chi connectivity index (χ3v) is 11.3. The lowest BCUT2D eigenvalue weighted by atomic mass is 9.87. The van der Waals surface area contributed by atoms with Crippen LogP contribution in [0.25, 0.3) is 6.08 Å². The number of thiophene rings is 1. The van der Waals surface area contributed by atoms with Crippen molar-refractivity contribution in [3.63, 3.8) is 0 Å². The van der Waals surface area contributed by atoms with Gasteiger partial charge < -0.3 is 20.1 Å². The molecule has 6 rings (SSSR count). The van der Waals surface area contributed by atoms with E-state index in [0.29, 0.717) is 58.9 Å². The molecule has 0 radical (unpaired) electrons. The molecule has 1 saturated carbocycles. The second-order valence-corrected chi connectivity index (χ2v) is 14.2. The van der Waals surface area contributed by atoms with E-state index in [-0.39, 0.29) is 36.3 Å². The molecule has 1 aromatic heterocycles. The van der Waals surface area contributed by atoms with Crippen LogP contribution < -0.4 is 5.32 Å². The molecular weight excluding hydrogens is 621 g/mol. The van der Waals surface area contributed by atoms with Crippen molar-refractivity contribution >= 4 is 64.1 Å². The third kappa shape index (κ3) is 7.02. The van der Waals surface area contributed by atoms with Crippen LogP contribution in [0, 0.1) is 5.92 Å². The molecule has 2 atom stereocenters. The van der Waals surface area contributed by atoms with Crippen molar-refractivity contribution in [3.8, 4) is 0 Å². The van der Waals surface area contributed by atoms with Gasteiger partial charge in [0.05, 0.1) is 47.4 Å². The third-order valence-electron chi connectivity index (χ3n) is 9.62. The Morgan fingerprint density at radius 3 is 2.59 bits per heavy atom. The quantitative estimate of drug-likeness (QED) is 0.317. The first-order chi connectivity index (χ1) is 21.3. The number of anilines is 1. The molecule has 0 spiro atoms. The fourth-order valence-corrected chi connectivity index (χ4v) is 8.60. The number of rotatable bonds is 9. The first-order valence-corrected chi connectivity index (χ1v) is 17.3. The van der Waals surface area contributed by atoms with Crippen LogP contribution in [-0.4, -0.2) is 77.1 Å². The summed E-state index contributed by atoms with van der Waals surface area (Å²) in [5, 5.41) is 14.8. The Morgan fingerprint density at radius 2 is 1.84 bits per heavy atom. The van der Waals surface area contributed by atoms with Crippen LogP contribution in [0.2, 0.25) is 10.0 Å². The number of ether oxygens (including phenoxy) is 1. The summed E-state index contributed by atoms with van der Waals surface area (Å²) in [5.41, 5.74) is 2.62. The van der Waals surface area contributed by atoms with Gasteiger partial charge in [0, 0.05) is 33.4 Å². The van der Waals surface area contributed by atoms with Crippen LogP contribution in [0.15, 0.2) is 23.6 Å². The van der Waals surface area contributed by atoms with Crippen LogP contribution >= 0.6 is 34.5 Å². The lowest BCUT2D eigenvalue weighted by molar-refractivity contribution is -0.144. The van der Waals surface area contributed by atoms with E-state index in [2.05, 4.69) is 16.3 Å². The van der Waals surface area contributed by atoms with Gasteiger partial charge in [0.15, 0.2) is 0 Å².